The topological polar surface area (TPSA) is 41.6 Å². The van der Waals surface area contributed by atoms with Gasteiger partial charge in [0.15, 0.2) is 0 Å². The molecule has 0 spiro atoms. The molecule has 0 radical (unpaired) electrons. The van der Waals surface area contributed by atoms with Crippen molar-refractivity contribution in [3.05, 3.63) is 24.2 Å². The molecule has 2 aliphatic heterocycles. The third kappa shape index (κ3) is 3.60. The SMILES string of the molecule is CC(C)(C)OC(=O)N1C=CC=C(F)C1C1CCNCC1. The van der Waals surface area contributed by atoms with E-state index in [4.69, 9.17) is 4.74 Å². The van der Waals surface area contributed by atoms with E-state index in [1.165, 1.54) is 11.0 Å². The van der Waals surface area contributed by atoms with Crippen LogP contribution in [0.3, 0.4) is 0 Å². The van der Waals surface area contributed by atoms with Crippen molar-refractivity contribution >= 4 is 6.09 Å². The first kappa shape index (κ1) is 15.0. The molecule has 0 aliphatic carbocycles. The van der Waals surface area contributed by atoms with Crippen LogP contribution in [0.15, 0.2) is 24.2 Å². The second kappa shape index (κ2) is 5.95. The second-order valence-electron chi connectivity index (χ2n) is 6.31. The number of rotatable bonds is 1. The van der Waals surface area contributed by atoms with Gasteiger partial charge in [0.05, 0.1) is 6.04 Å². The lowest BCUT2D eigenvalue weighted by molar-refractivity contribution is 0.0209. The van der Waals surface area contributed by atoms with Crippen LogP contribution in [0.1, 0.15) is 33.6 Å². The minimum atomic E-state index is -0.582. The first-order chi connectivity index (χ1) is 9.38. The zero-order chi connectivity index (χ0) is 14.8. The fraction of sp³-hybridized carbons (Fsp3) is 0.667. The molecule has 1 fully saturated rings. The van der Waals surface area contributed by atoms with Crippen LogP contribution in [0.25, 0.3) is 0 Å². The molecule has 0 saturated carbocycles. The monoisotopic (exact) mass is 282 g/mol. The summed E-state index contributed by atoms with van der Waals surface area (Å²) in [5, 5.41) is 3.26. The molecule has 1 N–H and O–H groups in total. The summed E-state index contributed by atoms with van der Waals surface area (Å²) in [5.41, 5.74) is -0.582. The molecule has 20 heavy (non-hydrogen) atoms. The first-order valence-corrected chi connectivity index (χ1v) is 7.14. The number of carbonyl (C=O) groups excluding carboxylic acids is 1. The maximum absolute atomic E-state index is 14.2. The van der Waals surface area contributed by atoms with Crippen LogP contribution in [0.5, 0.6) is 0 Å². The molecule has 5 heteroatoms. The Morgan fingerprint density at radius 3 is 2.65 bits per heavy atom. The van der Waals surface area contributed by atoms with Gasteiger partial charge in [0.1, 0.15) is 11.4 Å². The zero-order valence-electron chi connectivity index (χ0n) is 12.4. The molecular weight excluding hydrogens is 259 g/mol. The molecule has 0 aromatic carbocycles. The van der Waals surface area contributed by atoms with Crippen LogP contribution in [-0.2, 0) is 4.74 Å². The number of nitrogens with one attached hydrogen (secondary N) is 1. The largest absolute Gasteiger partial charge is 0.443 e. The number of amides is 1. The Balaban J connectivity index is 2.14. The van der Waals surface area contributed by atoms with Gasteiger partial charge in [0.25, 0.3) is 0 Å². The second-order valence-corrected chi connectivity index (χ2v) is 6.31. The molecule has 0 bridgehead atoms. The minimum absolute atomic E-state index is 0.130. The number of piperidine rings is 1. The highest BCUT2D eigenvalue weighted by molar-refractivity contribution is 5.71. The summed E-state index contributed by atoms with van der Waals surface area (Å²) in [7, 11) is 0. The third-order valence-electron chi connectivity index (χ3n) is 3.52. The summed E-state index contributed by atoms with van der Waals surface area (Å²) in [6.45, 7) is 7.15. The van der Waals surface area contributed by atoms with Crippen molar-refractivity contribution in [2.75, 3.05) is 13.1 Å². The number of halogens is 1. The maximum Gasteiger partial charge on any atom is 0.414 e. The van der Waals surface area contributed by atoms with Gasteiger partial charge in [0, 0.05) is 6.20 Å². The molecule has 1 amide bonds. The van der Waals surface area contributed by atoms with Crippen molar-refractivity contribution < 1.29 is 13.9 Å². The predicted molar refractivity (Wildman–Crippen MR) is 75.8 cm³/mol. The summed E-state index contributed by atoms with van der Waals surface area (Å²) >= 11 is 0. The van der Waals surface area contributed by atoms with Crippen LogP contribution in [0, 0.1) is 5.92 Å². The van der Waals surface area contributed by atoms with Crippen LogP contribution >= 0.6 is 0 Å². The zero-order valence-corrected chi connectivity index (χ0v) is 12.4. The molecule has 2 rings (SSSR count). The van der Waals surface area contributed by atoms with Crippen molar-refractivity contribution in [2.24, 2.45) is 5.92 Å². The van der Waals surface area contributed by atoms with Crippen LogP contribution in [0.4, 0.5) is 9.18 Å². The van der Waals surface area contributed by atoms with Crippen molar-refractivity contribution in [1.29, 1.82) is 0 Å². The van der Waals surface area contributed by atoms with E-state index in [0.717, 1.165) is 25.9 Å². The smallest absolute Gasteiger partial charge is 0.414 e. The van der Waals surface area contributed by atoms with E-state index in [1.54, 1.807) is 12.3 Å². The van der Waals surface area contributed by atoms with Gasteiger partial charge in [0.2, 0.25) is 0 Å². The van der Waals surface area contributed by atoms with E-state index < -0.39 is 17.7 Å². The highest BCUT2D eigenvalue weighted by Crippen LogP contribution is 2.31. The normalized spacial score (nSPS) is 24.5. The van der Waals surface area contributed by atoms with E-state index in [1.807, 2.05) is 20.8 Å². The lowest BCUT2D eigenvalue weighted by Gasteiger charge is -2.38. The Hall–Kier alpha value is -1.36. The number of carbonyl (C=O) groups is 1. The predicted octanol–water partition coefficient (Wildman–Crippen LogP) is 2.97. The summed E-state index contributed by atoms with van der Waals surface area (Å²) in [4.78, 5) is 13.7. The van der Waals surface area contributed by atoms with E-state index in [-0.39, 0.29) is 11.7 Å². The molecule has 4 nitrogen and oxygen atoms in total. The summed E-state index contributed by atoms with van der Waals surface area (Å²) in [6.07, 6.45) is 5.84. The Bertz CT molecular complexity index is 420. The summed E-state index contributed by atoms with van der Waals surface area (Å²) in [5.74, 6) is -0.129. The van der Waals surface area contributed by atoms with Gasteiger partial charge in [-0.2, -0.15) is 0 Å². The number of hydrogen-bond donors (Lipinski definition) is 1. The molecular formula is C15H23FN2O2. The summed E-state index contributed by atoms with van der Waals surface area (Å²) < 4.78 is 19.6. The van der Waals surface area contributed by atoms with Gasteiger partial charge in [-0.25, -0.2) is 9.18 Å². The quantitative estimate of drug-likeness (QED) is 0.804. The number of ether oxygens (including phenoxy) is 1. The lowest BCUT2D eigenvalue weighted by atomic mass is 9.87. The van der Waals surface area contributed by atoms with Crippen molar-refractivity contribution in [2.45, 2.75) is 45.3 Å². The van der Waals surface area contributed by atoms with Gasteiger partial charge in [-0.15, -0.1) is 0 Å². The maximum atomic E-state index is 14.2. The first-order valence-electron chi connectivity index (χ1n) is 7.14. The molecule has 0 aromatic heterocycles. The van der Waals surface area contributed by atoms with Gasteiger partial charge in [-0.1, -0.05) is 0 Å². The number of nitrogens with zero attached hydrogens (tertiary/aromatic N) is 1. The van der Waals surface area contributed by atoms with E-state index >= 15 is 0 Å². The van der Waals surface area contributed by atoms with Crippen molar-refractivity contribution in [3.63, 3.8) is 0 Å². The molecule has 1 saturated heterocycles. The molecule has 2 aliphatic rings. The summed E-state index contributed by atoms with van der Waals surface area (Å²) in [6, 6.07) is -0.531. The number of allylic oxidation sites excluding steroid dienone is 2. The Labute approximate surface area is 119 Å². The highest BCUT2D eigenvalue weighted by atomic mass is 19.1. The third-order valence-corrected chi connectivity index (χ3v) is 3.52. The Morgan fingerprint density at radius 2 is 2.05 bits per heavy atom. The van der Waals surface area contributed by atoms with E-state index in [9.17, 15) is 9.18 Å². The number of hydrogen-bond acceptors (Lipinski definition) is 3. The molecule has 112 valence electrons. The van der Waals surface area contributed by atoms with E-state index in [0.29, 0.717) is 0 Å². The van der Waals surface area contributed by atoms with Gasteiger partial charge >= 0.3 is 6.09 Å². The van der Waals surface area contributed by atoms with Crippen molar-refractivity contribution in [3.8, 4) is 0 Å². The molecule has 0 aromatic rings. The van der Waals surface area contributed by atoms with Crippen LogP contribution in [-0.4, -0.2) is 35.7 Å². The fourth-order valence-electron chi connectivity index (χ4n) is 2.65. The Kier molecular flexibility index (Phi) is 4.48. The van der Waals surface area contributed by atoms with Gasteiger partial charge in [-0.05, 0) is 64.8 Å². The highest BCUT2D eigenvalue weighted by Gasteiger charge is 2.37. The standard InChI is InChI=1S/C15H23FN2O2/c1-15(2,3)20-14(19)18-10-4-5-12(16)13(18)11-6-8-17-9-7-11/h4-5,10-11,13,17H,6-9H2,1-3H3. The van der Waals surface area contributed by atoms with Gasteiger partial charge < -0.3 is 10.1 Å². The molecule has 1 unspecified atom stereocenters. The average Bonchev–Trinajstić information content (AvgIpc) is 2.37. The Morgan fingerprint density at radius 1 is 1.40 bits per heavy atom. The molecule has 1 atom stereocenters. The fourth-order valence-corrected chi connectivity index (χ4v) is 2.65. The van der Waals surface area contributed by atoms with Crippen molar-refractivity contribution in [1.82, 2.24) is 10.2 Å². The lowest BCUT2D eigenvalue weighted by Crippen LogP contribution is -2.47. The molecule has 2 heterocycles. The van der Waals surface area contributed by atoms with Crippen LogP contribution < -0.4 is 5.32 Å². The van der Waals surface area contributed by atoms with Gasteiger partial charge in [-0.3, -0.25) is 4.90 Å². The van der Waals surface area contributed by atoms with E-state index in [2.05, 4.69) is 5.32 Å². The minimum Gasteiger partial charge on any atom is -0.443 e. The average molecular weight is 282 g/mol. The van der Waals surface area contributed by atoms with Crippen LogP contribution in [0.2, 0.25) is 0 Å².